The molecule has 0 radical (unpaired) electrons. The van der Waals surface area contributed by atoms with E-state index in [-0.39, 0.29) is 18.1 Å². The third kappa shape index (κ3) is 6.93. The van der Waals surface area contributed by atoms with Gasteiger partial charge in [0.25, 0.3) is 5.91 Å². The Morgan fingerprint density at radius 2 is 1.79 bits per heavy atom. The number of nitrogens with zero attached hydrogens (tertiary/aromatic N) is 2. The number of carboxylic acids is 1. The fourth-order valence-electron chi connectivity index (χ4n) is 3.76. The number of carbonyl (C=O) groups is 2. The Kier molecular flexibility index (Phi) is 9.52. The SMILES string of the molecule is CCOc1cc(/C=C2/SC(=Nc3ccc(OC)cc3)N(CC)C2=O)cc(I)c1OCc1ccc(C(=O)O)cc1. The highest BCUT2D eigenvalue weighted by molar-refractivity contribution is 14.1. The van der Waals surface area contributed by atoms with Crippen molar-refractivity contribution in [3.8, 4) is 17.2 Å². The summed E-state index contributed by atoms with van der Waals surface area (Å²) in [6, 6.07) is 17.7. The van der Waals surface area contributed by atoms with E-state index in [1.807, 2.05) is 56.3 Å². The van der Waals surface area contributed by atoms with E-state index < -0.39 is 5.97 Å². The largest absolute Gasteiger partial charge is 0.497 e. The number of amidine groups is 1. The molecule has 0 aromatic heterocycles. The normalized spacial score (nSPS) is 15.2. The van der Waals surface area contributed by atoms with Gasteiger partial charge in [0.05, 0.1) is 33.4 Å². The maximum Gasteiger partial charge on any atom is 0.335 e. The quantitative estimate of drug-likeness (QED) is 0.194. The minimum atomic E-state index is -0.972. The van der Waals surface area contributed by atoms with Crippen molar-refractivity contribution in [1.82, 2.24) is 4.90 Å². The van der Waals surface area contributed by atoms with Crippen molar-refractivity contribution in [1.29, 1.82) is 0 Å². The molecule has 1 saturated heterocycles. The van der Waals surface area contributed by atoms with Gasteiger partial charge in [-0.1, -0.05) is 12.1 Å². The summed E-state index contributed by atoms with van der Waals surface area (Å²) in [5.41, 5.74) is 2.59. The van der Waals surface area contributed by atoms with Crippen LogP contribution in [0.25, 0.3) is 6.08 Å². The van der Waals surface area contributed by atoms with Gasteiger partial charge in [-0.05, 0) is 114 Å². The fourth-order valence-corrected chi connectivity index (χ4v) is 5.61. The van der Waals surface area contributed by atoms with E-state index in [2.05, 4.69) is 27.6 Å². The zero-order chi connectivity index (χ0) is 27.9. The second-order valence-electron chi connectivity index (χ2n) is 8.31. The molecule has 1 N–H and O–H groups in total. The van der Waals surface area contributed by atoms with Gasteiger partial charge in [-0.3, -0.25) is 9.69 Å². The topological polar surface area (TPSA) is 97.7 Å². The number of aromatic carboxylic acids is 1. The average Bonchev–Trinajstić information content (AvgIpc) is 3.22. The lowest BCUT2D eigenvalue weighted by molar-refractivity contribution is -0.122. The van der Waals surface area contributed by atoms with Crippen LogP contribution in [-0.4, -0.2) is 47.3 Å². The molecule has 0 aliphatic carbocycles. The first-order chi connectivity index (χ1) is 18.8. The summed E-state index contributed by atoms with van der Waals surface area (Å²) in [5, 5.41) is 9.72. The lowest BCUT2D eigenvalue weighted by atomic mass is 10.1. The first-order valence-electron chi connectivity index (χ1n) is 12.2. The first kappa shape index (κ1) is 28.5. The van der Waals surface area contributed by atoms with Gasteiger partial charge >= 0.3 is 5.97 Å². The molecular formula is C29H27IN2O6S. The number of benzene rings is 3. The van der Waals surface area contributed by atoms with Crippen molar-refractivity contribution in [3.63, 3.8) is 0 Å². The van der Waals surface area contributed by atoms with Crippen LogP contribution in [0.15, 0.2) is 70.6 Å². The summed E-state index contributed by atoms with van der Waals surface area (Å²) < 4.78 is 18.0. The van der Waals surface area contributed by atoms with Gasteiger partial charge < -0.3 is 19.3 Å². The van der Waals surface area contributed by atoms with E-state index in [0.29, 0.717) is 34.7 Å². The summed E-state index contributed by atoms with van der Waals surface area (Å²) in [4.78, 5) is 31.2. The molecule has 1 aliphatic heterocycles. The van der Waals surface area contributed by atoms with Crippen LogP contribution in [0.4, 0.5) is 5.69 Å². The number of methoxy groups -OCH3 is 1. The summed E-state index contributed by atoms with van der Waals surface area (Å²) in [5.74, 6) is 0.816. The number of halogens is 1. The summed E-state index contributed by atoms with van der Waals surface area (Å²) in [6.07, 6.45) is 1.84. The van der Waals surface area contributed by atoms with Crippen LogP contribution in [0.3, 0.4) is 0 Å². The fraction of sp³-hybridized carbons (Fsp3) is 0.207. The molecule has 39 heavy (non-hydrogen) atoms. The van der Waals surface area contributed by atoms with Gasteiger partial charge in [-0.25, -0.2) is 9.79 Å². The maximum absolute atomic E-state index is 13.2. The molecule has 1 amide bonds. The number of rotatable bonds is 10. The Hall–Kier alpha value is -3.51. The van der Waals surface area contributed by atoms with Crippen molar-refractivity contribution < 1.29 is 28.9 Å². The Morgan fingerprint density at radius 3 is 2.41 bits per heavy atom. The van der Waals surface area contributed by atoms with E-state index in [0.717, 1.165) is 26.1 Å². The van der Waals surface area contributed by atoms with Crippen LogP contribution in [-0.2, 0) is 11.4 Å². The smallest absolute Gasteiger partial charge is 0.335 e. The summed E-state index contributed by atoms with van der Waals surface area (Å²) in [7, 11) is 1.61. The predicted octanol–water partition coefficient (Wildman–Crippen LogP) is 6.60. The summed E-state index contributed by atoms with van der Waals surface area (Å²) in [6.45, 7) is 5.00. The molecule has 1 aliphatic rings. The number of carbonyl (C=O) groups excluding carboxylic acids is 1. The monoisotopic (exact) mass is 658 g/mol. The average molecular weight is 659 g/mol. The number of carboxylic acid groups (broad SMARTS) is 1. The third-order valence-corrected chi connectivity index (χ3v) is 7.52. The van der Waals surface area contributed by atoms with E-state index in [1.54, 1.807) is 36.3 Å². The standard InChI is InChI=1S/C29H27IN2O6S/c1-4-32-27(33)25(39-29(32)31-21-10-12-22(36-3)13-11-21)16-19-14-23(30)26(24(15-19)37-5-2)38-17-18-6-8-20(9-7-18)28(34)35/h6-16H,4-5,17H2,1-3H3,(H,34,35)/b25-16+,31-29?. The van der Waals surface area contributed by atoms with Crippen molar-refractivity contribution in [2.75, 3.05) is 20.3 Å². The van der Waals surface area contributed by atoms with Crippen LogP contribution in [0.5, 0.6) is 17.2 Å². The van der Waals surface area contributed by atoms with Crippen LogP contribution >= 0.6 is 34.4 Å². The molecular weight excluding hydrogens is 631 g/mol. The molecule has 4 rings (SSSR count). The number of likely N-dealkylation sites (N-methyl/N-ethyl adjacent to an activating group) is 1. The second kappa shape index (κ2) is 13.0. The predicted molar refractivity (Wildman–Crippen MR) is 161 cm³/mol. The molecule has 0 atom stereocenters. The van der Waals surface area contributed by atoms with Gasteiger partial charge in [0.1, 0.15) is 12.4 Å². The number of hydrogen-bond acceptors (Lipinski definition) is 7. The Labute approximate surface area is 244 Å². The van der Waals surface area contributed by atoms with E-state index in [9.17, 15) is 9.59 Å². The van der Waals surface area contributed by atoms with Gasteiger partial charge in [-0.15, -0.1) is 0 Å². The summed E-state index contributed by atoms with van der Waals surface area (Å²) >= 11 is 3.52. The van der Waals surface area contributed by atoms with Crippen molar-refractivity contribution in [2.45, 2.75) is 20.5 Å². The molecule has 10 heteroatoms. The number of hydrogen-bond donors (Lipinski definition) is 1. The maximum atomic E-state index is 13.2. The van der Waals surface area contributed by atoms with E-state index in [4.69, 9.17) is 19.3 Å². The molecule has 0 unspecified atom stereocenters. The number of amides is 1. The second-order valence-corrected chi connectivity index (χ2v) is 10.5. The molecule has 202 valence electrons. The van der Waals surface area contributed by atoms with Crippen LogP contribution in [0, 0.1) is 3.57 Å². The van der Waals surface area contributed by atoms with Gasteiger partial charge in [0, 0.05) is 6.54 Å². The Morgan fingerprint density at radius 1 is 1.08 bits per heavy atom. The van der Waals surface area contributed by atoms with Crippen molar-refractivity contribution >= 4 is 63.2 Å². The van der Waals surface area contributed by atoms with Gasteiger partial charge in [-0.2, -0.15) is 0 Å². The van der Waals surface area contributed by atoms with Gasteiger partial charge in [0.2, 0.25) is 0 Å². The molecule has 0 spiro atoms. The number of thioether (sulfide) groups is 1. The van der Waals surface area contributed by atoms with Crippen molar-refractivity contribution in [3.05, 3.63) is 85.8 Å². The molecule has 3 aromatic carbocycles. The minimum Gasteiger partial charge on any atom is -0.497 e. The zero-order valence-electron chi connectivity index (χ0n) is 21.6. The Bertz CT molecular complexity index is 1420. The van der Waals surface area contributed by atoms with E-state index >= 15 is 0 Å². The van der Waals surface area contributed by atoms with E-state index in [1.165, 1.54) is 11.8 Å². The minimum absolute atomic E-state index is 0.104. The number of ether oxygens (including phenoxy) is 3. The first-order valence-corrected chi connectivity index (χ1v) is 14.1. The number of aliphatic imine (C=N–C) groups is 1. The van der Waals surface area contributed by atoms with Gasteiger partial charge in [0.15, 0.2) is 16.7 Å². The lowest BCUT2D eigenvalue weighted by Gasteiger charge is -2.15. The molecule has 0 bridgehead atoms. The Balaban J connectivity index is 1.57. The lowest BCUT2D eigenvalue weighted by Crippen LogP contribution is -2.28. The van der Waals surface area contributed by atoms with Crippen LogP contribution in [0.2, 0.25) is 0 Å². The highest BCUT2D eigenvalue weighted by Gasteiger charge is 2.32. The zero-order valence-corrected chi connectivity index (χ0v) is 24.6. The molecule has 1 heterocycles. The van der Waals surface area contributed by atoms with Crippen LogP contribution in [0.1, 0.15) is 35.3 Å². The highest BCUT2D eigenvalue weighted by atomic mass is 127. The third-order valence-electron chi connectivity index (χ3n) is 5.71. The molecule has 8 nitrogen and oxygen atoms in total. The molecule has 1 fully saturated rings. The molecule has 0 saturated carbocycles. The van der Waals surface area contributed by atoms with Crippen molar-refractivity contribution in [2.24, 2.45) is 4.99 Å². The highest BCUT2D eigenvalue weighted by Crippen LogP contribution is 2.38. The van der Waals surface area contributed by atoms with Crippen LogP contribution < -0.4 is 14.2 Å². The molecule has 3 aromatic rings.